The fourth-order valence-electron chi connectivity index (χ4n) is 4.20. The Morgan fingerprint density at radius 1 is 1.00 bits per heavy atom. The third-order valence-electron chi connectivity index (χ3n) is 6.06. The summed E-state index contributed by atoms with van der Waals surface area (Å²) in [5.41, 5.74) is 15.1. The number of nitrogens with one attached hydrogen (secondary N) is 3. The number of nitrogens with two attached hydrogens (primary N) is 2. The quantitative estimate of drug-likeness (QED) is 0.289. The van der Waals surface area contributed by atoms with E-state index in [9.17, 15) is 0 Å². The Hall–Kier alpha value is -3.63. The van der Waals surface area contributed by atoms with Crippen LogP contribution in [-0.2, 0) is 0 Å². The Labute approximate surface area is 191 Å². The van der Waals surface area contributed by atoms with E-state index < -0.39 is 0 Å². The van der Waals surface area contributed by atoms with Crippen LogP contribution in [0.4, 0.5) is 11.9 Å². The fourth-order valence-corrected chi connectivity index (χ4v) is 4.20. The maximum Gasteiger partial charge on any atom is 0.224 e. The summed E-state index contributed by atoms with van der Waals surface area (Å²) in [5, 5.41) is 15.0. The van der Waals surface area contributed by atoms with Gasteiger partial charge < -0.3 is 22.1 Å². The molecule has 1 atom stereocenters. The molecule has 1 aliphatic carbocycles. The number of anilines is 2. The molecular formula is C23H28N10. The molecule has 3 heterocycles. The molecule has 7 N–H and O–H groups in total. The molecule has 5 rings (SSSR count). The summed E-state index contributed by atoms with van der Waals surface area (Å²) in [4.78, 5) is 18.1. The van der Waals surface area contributed by atoms with Crippen molar-refractivity contribution in [3.05, 3.63) is 54.4 Å². The smallest absolute Gasteiger partial charge is 0.224 e. The van der Waals surface area contributed by atoms with Gasteiger partial charge in [0.1, 0.15) is 5.69 Å². The van der Waals surface area contributed by atoms with Gasteiger partial charge in [-0.1, -0.05) is 30.3 Å². The molecule has 3 aromatic heterocycles. The molecule has 33 heavy (non-hydrogen) atoms. The van der Waals surface area contributed by atoms with Gasteiger partial charge in [-0.05, 0) is 37.3 Å². The summed E-state index contributed by atoms with van der Waals surface area (Å²) in [7, 11) is 0. The Kier molecular flexibility index (Phi) is 6.09. The summed E-state index contributed by atoms with van der Waals surface area (Å²) in [6.07, 6.45) is 7.58. The molecule has 4 aromatic rings. The highest BCUT2D eigenvalue weighted by Crippen LogP contribution is 2.26. The molecule has 0 amide bonds. The van der Waals surface area contributed by atoms with Crippen LogP contribution in [0, 0.1) is 0 Å². The lowest BCUT2D eigenvalue weighted by atomic mass is 9.92. The first-order chi connectivity index (χ1) is 16.2. The number of aromatic amines is 1. The second kappa shape index (κ2) is 9.47. The Morgan fingerprint density at radius 2 is 1.82 bits per heavy atom. The van der Waals surface area contributed by atoms with E-state index in [0.29, 0.717) is 47.6 Å². The third kappa shape index (κ3) is 4.76. The first-order valence-corrected chi connectivity index (χ1v) is 11.3. The van der Waals surface area contributed by atoms with Gasteiger partial charge in [0, 0.05) is 31.0 Å². The largest absolute Gasteiger partial charge is 0.351 e. The molecule has 10 heteroatoms. The van der Waals surface area contributed by atoms with E-state index in [2.05, 4.69) is 40.8 Å². The summed E-state index contributed by atoms with van der Waals surface area (Å²) >= 11 is 0. The second-order valence-electron chi connectivity index (χ2n) is 8.39. The Bertz CT molecular complexity index is 1200. The van der Waals surface area contributed by atoms with Crippen LogP contribution >= 0.6 is 0 Å². The van der Waals surface area contributed by atoms with E-state index in [4.69, 9.17) is 11.5 Å². The average Bonchev–Trinajstić information content (AvgIpc) is 3.28. The molecular weight excluding hydrogens is 416 g/mol. The maximum atomic E-state index is 6.00. The minimum absolute atomic E-state index is 0.0938. The lowest BCUT2D eigenvalue weighted by molar-refractivity contribution is 0.410. The van der Waals surface area contributed by atoms with Gasteiger partial charge >= 0.3 is 0 Å². The summed E-state index contributed by atoms with van der Waals surface area (Å²) < 4.78 is 0. The van der Waals surface area contributed by atoms with E-state index in [-0.39, 0.29) is 6.04 Å². The van der Waals surface area contributed by atoms with Gasteiger partial charge in [-0.25, -0.2) is 15.0 Å². The van der Waals surface area contributed by atoms with Crippen molar-refractivity contribution in [1.29, 1.82) is 0 Å². The first kappa shape index (κ1) is 21.2. The fraction of sp³-hybridized carbons (Fsp3) is 0.348. The lowest BCUT2D eigenvalue weighted by Gasteiger charge is -2.26. The van der Waals surface area contributed by atoms with Gasteiger partial charge in [-0.15, -0.1) is 0 Å². The van der Waals surface area contributed by atoms with E-state index in [1.165, 1.54) is 0 Å². The van der Waals surface area contributed by atoms with Crippen LogP contribution in [0.5, 0.6) is 0 Å². The predicted octanol–water partition coefficient (Wildman–Crippen LogP) is 2.60. The minimum atomic E-state index is -0.0938. The van der Waals surface area contributed by atoms with Crippen molar-refractivity contribution in [2.45, 2.75) is 43.8 Å². The van der Waals surface area contributed by atoms with E-state index in [1.54, 1.807) is 12.4 Å². The van der Waals surface area contributed by atoms with Crippen molar-refractivity contribution >= 4 is 22.9 Å². The van der Waals surface area contributed by atoms with Crippen molar-refractivity contribution in [2.24, 2.45) is 11.5 Å². The summed E-state index contributed by atoms with van der Waals surface area (Å²) in [6, 6.07) is 12.4. The topological polar surface area (TPSA) is 156 Å². The van der Waals surface area contributed by atoms with Crippen LogP contribution in [0.25, 0.3) is 22.4 Å². The summed E-state index contributed by atoms with van der Waals surface area (Å²) in [6.45, 7) is 0.416. The van der Waals surface area contributed by atoms with E-state index >= 15 is 0 Å². The van der Waals surface area contributed by atoms with Crippen molar-refractivity contribution in [3.8, 4) is 11.4 Å². The molecule has 0 radical (unpaired) electrons. The molecule has 0 spiro atoms. The Morgan fingerprint density at radius 3 is 2.61 bits per heavy atom. The number of H-pyrrole nitrogens is 1. The highest BCUT2D eigenvalue weighted by atomic mass is 15.2. The number of benzene rings is 1. The standard InChI is InChI=1S/C23H28N10/c24-12-19(14-4-2-1-3-5-14)30-22-26-11-10-18(29-22)20-17-13-27-23(31-21(17)33-32-20)28-16-8-6-15(25)7-9-16/h1-5,10-11,13,15-16,19H,6-9,12,24-25H2,(H,26,29,30)(H2,27,28,31,32,33)/t15-,16-,19?. The molecule has 0 saturated heterocycles. The van der Waals surface area contributed by atoms with Crippen molar-refractivity contribution in [2.75, 3.05) is 17.2 Å². The van der Waals surface area contributed by atoms with Gasteiger partial charge in [0.05, 0.1) is 17.1 Å². The van der Waals surface area contributed by atoms with Crippen molar-refractivity contribution in [1.82, 2.24) is 30.1 Å². The SMILES string of the molecule is NCC(Nc1nccc(-c2n[nH]c3nc(N[C@H]4CC[C@H](N)CC4)ncc23)n1)c1ccccc1. The number of hydrogen-bond donors (Lipinski definition) is 5. The third-order valence-corrected chi connectivity index (χ3v) is 6.06. The number of rotatable bonds is 7. The molecule has 10 nitrogen and oxygen atoms in total. The number of aromatic nitrogens is 6. The van der Waals surface area contributed by atoms with Crippen LogP contribution in [0.15, 0.2) is 48.8 Å². The average molecular weight is 445 g/mol. The molecule has 1 unspecified atom stereocenters. The highest BCUT2D eigenvalue weighted by Gasteiger charge is 2.20. The van der Waals surface area contributed by atoms with Crippen LogP contribution in [-0.4, -0.2) is 48.8 Å². The second-order valence-corrected chi connectivity index (χ2v) is 8.39. The van der Waals surface area contributed by atoms with Crippen LogP contribution in [0.1, 0.15) is 37.3 Å². The molecule has 0 bridgehead atoms. The lowest BCUT2D eigenvalue weighted by Crippen LogP contribution is -2.33. The Balaban J connectivity index is 1.35. The zero-order valence-corrected chi connectivity index (χ0v) is 18.3. The summed E-state index contributed by atoms with van der Waals surface area (Å²) in [5.74, 6) is 1.08. The van der Waals surface area contributed by atoms with Crippen LogP contribution in [0.2, 0.25) is 0 Å². The molecule has 1 fully saturated rings. The zero-order valence-electron chi connectivity index (χ0n) is 18.3. The van der Waals surface area contributed by atoms with Gasteiger partial charge in [-0.2, -0.15) is 10.1 Å². The number of nitrogens with zero attached hydrogens (tertiary/aromatic N) is 5. The molecule has 1 aromatic carbocycles. The van der Waals surface area contributed by atoms with E-state index in [0.717, 1.165) is 36.6 Å². The molecule has 170 valence electrons. The molecule has 1 saturated carbocycles. The van der Waals surface area contributed by atoms with Gasteiger partial charge in [-0.3, -0.25) is 5.10 Å². The predicted molar refractivity (Wildman–Crippen MR) is 128 cm³/mol. The zero-order chi connectivity index (χ0) is 22.6. The molecule has 0 aliphatic heterocycles. The normalized spacial score (nSPS) is 19.3. The van der Waals surface area contributed by atoms with Gasteiger partial charge in [0.25, 0.3) is 0 Å². The first-order valence-electron chi connectivity index (χ1n) is 11.3. The van der Waals surface area contributed by atoms with Crippen LogP contribution < -0.4 is 22.1 Å². The number of fused-ring (bicyclic) bond motifs is 1. The monoisotopic (exact) mass is 444 g/mol. The van der Waals surface area contributed by atoms with Crippen LogP contribution in [0.3, 0.4) is 0 Å². The minimum Gasteiger partial charge on any atom is -0.351 e. The van der Waals surface area contributed by atoms with E-state index in [1.807, 2.05) is 36.4 Å². The van der Waals surface area contributed by atoms with Crippen molar-refractivity contribution in [3.63, 3.8) is 0 Å². The van der Waals surface area contributed by atoms with Crippen molar-refractivity contribution < 1.29 is 0 Å². The number of hydrogen-bond acceptors (Lipinski definition) is 9. The maximum absolute atomic E-state index is 6.00. The van der Waals surface area contributed by atoms with Gasteiger partial charge in [0.2, 0.25) is 11.9 Å². The highest BCUT2D eigenvalue weighted by molar-refractivity contribution is 5.89. The molecule has 1 aliphatic rings. The van der Waals surface area contributed by atoms with Gasteiger partial charge in [0.15, 0.2) is 5.65 Å².